The highest BCUT2D eigenvalue weighted by atomic mass is 16.5. The van der Waals surface area contributed by atoms with Gasteiger partial charge in [-0.25, -0.2) is 0 Å². The van der Waals surface area contributed by atoms with Crippen LogP contribution in [-0.4, -0.2) is 42.3 Å². The topological polar surface area (TPSA) is 79.4 Å². The first-order valence-corrected chi connectivity index (χ1v) is 10.1. The van der Waals surface area contributed by atoms with Crippen molar-refractivity contribution >= 4 is 17.4 Å². The fraction of sp³-hybridized carbons (Fsp3) is 0.476. The third-order valence-electron chi connectivity index (χ3n) is 5.94. The molecule has 5 rings (SSSR count). The van der Waals surface area contributed by atoms with Crippen molar-refractivity contribution in [3.05, 3.63) is 41.1 Å². The number of carbonyl (C=O) groups excluding carboxylic acids is 1. The Kier molecular flexibility index (Phi) is 4.39. The summed E-state index contributed by atoms with van der Waals surface area (Å²) in [6, 6.07) is 8.42. The molecule has 146 valence electrons. The van der Waals surface area contributed by atoms with Crippen LogP contribution in [0.15, 0.2) is 24.3 Å². The molecule has 0 saturated carbocycles. The molecule has 1 amide bonds. The molecule has 28 heavy (non-hydrogen) atoms. The van der Waals surface area contributed by atoms with E-state index in [1.807, 2.05) is 12.1 Å². The molecular weight excluding hydrogens is 354 g/mol. The van der Waals surface area contributed by atoms with Crippen molar-refractivity contribution in [2.45, 2.75) is 32.2 Å². The normalized spacial score (nSPS) is 19.3. The van der Waals surface area contributed by atoms with Gasteiger partial charge in [-0.05, 0) is 55.5 Å². The van der Waals surface area contributed by atoms with E-state index < -0.39 is 0 Å². The number of hydrogen-bond acceptors (Lipinski definition) is 6. The zero-order valence-electron chi connectivity index (χ0n) is 16.1. The molecule has 3 heterocycles. The van der Waals surface area contributed by atoms with Crippen molar-refractivity contribution in [3.63, 3.8) is 0 Å². The van der Waals surface area contributed by atoms with Gasteiger partial charge in [0, 0.05) is 31.6 Å². The van der Waals surface area contributed by atoms with Gasteiger partial charge in [-0.3, -0.25) is 4.79 Å². The van der Waals surface area contributed by atoms with Gasteiger partial charge in [-0.1, -0.05) is 6.07 Å². The average Bonchev–Trinajstić information content (AvgIpc) is 3.14. The van der Waals surface area contributed by atoms with E-state index >= 15 is 0 Å². The molecule has 7 nitrogen and oxygen atoms in total. The number of benzene rings is 1. The largest absolute Gasteiger partial charge is 0.482 e. The van der Waals surface area contributed by atoms with Crippen LogP contribution in [0, 0.1) is 5.92 Å². The minimum atomic E-state index is -0.102. The fourth-order valence-electron chi connectivity index (χ4n) is 4.19. The van der Waals surface area contributed by atoms with Crippen LogP contribution in [-0.2, 0) is 17.6 Å². The molecule has 2 aliphatic heterocycles. The molecule has 1 aromatic carbocycles. The lowest BCUT2D eigenvalue weighted by Crippen LogP contribution is -2.51. The van der Waals surface area contributed by atoms with Crippen LogP contribution in [0.1, 0.15) is 36.2 Å². The molecule has 0 bridgehead atoms. The molecule has 1 atom stereocenters. The zero-order chi connectivity index (χ0) is 19.1. The highest BCUT2D eigenvalue weighted by molar-refractivity contribution is 5.95. The Morgan fingerprint density at radius 2 is 2.18 bits per heavy atom. The molecule has 0 radical (unpaired) electrons. The van der Waals surface area contributed by atoms with Gasteiger partial charge in [-0.15, -0.1) is 5.10 Å². The number of nitrogens with zero attached hydrogens (tertiary/aromatic N) is 3. The first-order chi connectivity index (χ1) is 13.7. The minimum absolute atomic E-state index is 0.0902. The van der Waals surface area contributed by atoms with Crippen LogP contribution < -0.4 is 20.3 Å². The summed E-state index contributed by atoms with van der Waals surface area (Å²) in [5.74, 6) is 2.27. The predicted octanol–water partition coefficient (Wildman–Crippen LogP) is 2.08. The number of anilines is 2. The van der Waals surface area contributed by atoms with Gasteiger partial charge < -0.3 is 20.3 Å². The van der Waals surface area contributed by atoms with Crippen LogP contribution in [0.2, 0.25) is 0 Å². The van der Waals surface area contributed by atoms with E-state index in [1.165, 1.54) is 17.7 Å². The molecule has 1 aliphatic carbocycles. The quantitative estimate of drug-likeness (QED) is 0.828. The van der Waals surface area contributed by atoms with Crippen LogP contribution in [0.4, 0.5) is 11.5 Å². The van der Waals surface area contributed by atoms with E-state index in [4.69, 9.17) is 4.74 Å². The first kappa shape index (κ1) is 17.4. The fourth-order valence-corrected chi connectivity index (χ4v) is 4.19. The van der Waals surface area contributed by atoms with Crippen molar-refractivity contribution in [1.29, 1.82) is 0 Å². The maximum Gasteiger partial charge on any atom is 0.262 e. The lowest BCUT2D eigenvalue weighted by Gasteiger charge is -2.40. The molecular formula is C21H25N5O2. The molecule has 1 fully saturated rings. The average molecular weight is 379 g/mol. The maximum atomic E-state index is 11.5. The van der Waals surface area contributed by atoms with Gasteiger partial charge in [0.05, 0.1) is 11.4 Å². The summed E-state index contributed by atoms with van der Waals surface area (Å²) in [5, 5.41) is 15.3. The highest BCUT2D eigenvalue weighted by Crippen LogP contribution is 2.31. The van der Waals surface area contributed by atoms with Gasteiger partial charge >= 0.3 is 0 Å². The summed E-state index contributed by atoms with van der Waals surface area (Å²) in [6.07, 6.45) is 3.42. The molecule has 1 aromatic heterocycles. The van der Waals surface area contributed by atoms with Gasteiger partial charge in [0.2, 0.25) is 0 Å². The first-order valence-electron chi connectivity index (χ1n) is 10.1. The number of fused-ring (bicyclic) bond motifs is 2. The van der Waals surface area contributed by atoms with E-state index in [0.717, 1.165) is 55.3 Å². The van der Waals surface area contributed by atoms with Crippen LogP contribution >= 0.6 is 0 Å². The molecule has 2 aromatic rings. The Balaban J connectivity index is 1.14. The lowest BCUT2D eigenvalue weighted by atomic mass is 9.98. The number of aromatic nitrogens is 2. The maximum absolute atomic E-state index is 11.5. The number of nitrogens with one attached hydrogen (secondary N) is 2. The Morgan fingerprint density at radius 1 is 1.29 bits per heavy atom. The SMILES string of the molecule is CC(NCC1CN(c2cc3c(nn2)CCC3)C1)c1ccc2c(c1)NC(=O)CO2. The second-order valence-corrected chi connectivity index (χ2v) is 8.02. The minimum Gasteiger partial charge on any atom is -0.482 e. The Bertz CT molecular complexity index is 910. The monoisotopic (exact) mass is 379 g/mol. The van der Waals surface area contributed by atoms with Crippen LogP contribution in [0.5, 0.6) is 5.75 Å². The van der Waals surface area contributed by atoms with E-state index in [9.17, 15) is 4.79 Å². The number of hydrogen-bond donors (Lipinski definition) is 2. The predicted molar refractivity (Wildman–Crippen MR) is 107 cm³/mol. The van der Waals surface area contributed by atoms with Crippen molar-refractivity contribution in [2.24, 2.45) is 5.92 Å². The van der Waals surface area contributed by atoms with Crippen molar-refractivity contribution < 1.29 is 9.53 Å². The number of ether oxygens (including phenoxy) is 1. The smallest absolute Gasteiger partial charge is 0.262 e. The van der Waals surface area contributed by atoms with E-state index in [1.54, 1.807) is 0 Å². The lowest BCUT2D eigenvalue weighted by molar-refractivity contribution is -0.118. The molecule has 2 N–H and O–H groups in total. The van der Waals surface area contributed by atoms with E-state index in [2.05, 4.69) is 44.8 Å². The zero-order valence-corrected chi connectivity index (χ0v) is 16.1. The summed E-state index contributed by atoms with van der Waals surface area (Å²) >= 11 is 0. The summed E-state index contributed by atoms with van der Waals surface area (Å²) < 4.78 is 5.43. The second-order valence-electron chi connectivity index (χ2n) is 8.02. The molecule has 3 aliphatic rings. The number of rotatable bonds is 5. The molecule has 1 unspecified atom stereocenters. The summed E-state index contributed by atoms with van der Waals surface area (Å²) in [6.45, 7) is 5.22. The third kappa shape index (κ3) is 3.30. The Morgan fingerprint density at radius 3 is 3.07 bits per heavy atom. The van der Waals surface area contributed by atoms with Crippen LogP contribution in [0.3, 0.4) is 0 Å². The second kappa shape index (κ2) is 7.05. The molecule has 7 heteroatoms. The molecule has 1 saturated heterocycles. The Hall–Kier alpha value is -2.67. The standard InChI is InChI=1S/C21H25N5O2/c1-13(15-5-6-19-18(7-15)23-21(27)12-28-19)22-9-14-10-26(11-14)20-8-16-3-2-4-17(16)24-25-20/h5-8,13-14,22H,2-4,9-12H2,1H3,(H,23,27). The highest BCUT2D eigenvalue weighted by Gasteiger charge is 2.29. The van der Waals surface area contributed by atoms with Gasteiger partial charge in [0.15, 0.2) is 12.4 Å². The van der Waals surface area contributed by atoms with Gasteiger partial charge in [0.25, 0.3) is 5.91 Å². The van der Waals surface area contributed by atoms with Crippen LogP contribution in [0.25, 0.3) is 0 Å². The molecule has 0 spiro atoms. The van der Waals surface area contributed by atoms with E-state index in [-0.39, 0.29) is 18.6 Å². The number of amides is 1. The van der Waals surface area contributed by atoms with Crippen molar-refractivity contribution in [1.82, 2.24) is 15.5 Å². The van der Waals surface area contributed by atoms with Crippen molar-refractivity contribution in [3.8, 4) is 5.75 Å². The van der Waals surface area contributed by atoms with E-state index in [0.29, 0.717) is 5.92 Å². The van der Waals surface area contributed by atoms with Gasteiger partial charge in [-0.2, -0.15) is 5.10 Å². The summed E-state index contributed by atoms with van der Waals surface area (Å²) in [7, 11) is 0. The summed E-state index contributed by atoms with van der Waals surface area (Å²) in [5.41, 5.74) is 4.46. The van der Waals surface area contributed by atoms with Gasteiger partial charge in [0.1, 0.15) is 5.75 Å². The number of carbonyl (C=O) groups is 1. The van der Waals surface area contributed by atoms with Crippen molar-refractivity contribution in [2.75, 3.05) is 36.5 Å². The third-order valence-corrected chi connectivity index (χ3v) is 5.94. The number of aryl methyl sites for hydroxylation is 2. The Labute approximate surface area is 164 Å². The summed E-state index contributed by atoms with van der Waals surface area (Å²) in [4.78, 5) is 13.8.